The van der Waals surface area contributed by atoms with Gasteiger partial charge in [0, 0.05) is 12.2 Å². The molecular formula is C15H19F3N2O. The predicted molar refractivity (Wildman–Crippen MR) is 75.0 cm³/mol. The summed E-state index contributed by atoms with van der Waals surface area (Å²) in [6.07, 6.45) is -3.66. The lowest BCUT2D eigenvalue weighted by atomic mass is 9.91. The van der Waals surface area contributed by atoms with E-state index in [-0.39, 0.29) is 17.5 Å². The molecule has 0 aliphatic carbocycles. The first-order valence-electron chi connectivity index (χ1n) is 6.97. The lowest BCUT2D eigenvalue weighted by Gasteiger charge is -2.27. The van der Waals surface area contributed by atoms with Crippen LogP contribution < -0.4 is 10.6 Å². The summed E-state index contributed by atoms with van der Waals surface area (Å²) < 4.78 is 38.2. The van der Waals surface area contributed by atoms with Crippen molar-refractivity contribution in [3.63, 3.8) is 0 Å². The van der Waals surface area contributed by atoms with Crippen molar-refractivity contribution in [3.8, 4) is 0 Å². The smallest absolute Gasteiger partial charge is 0.326 e. The van der Waals surface area contributed by atoms with Gasteiger partial charge in [0.25, 0.3) is 0 Å². The molecule has 1 aliphatic heterocycles. The number of nitrogens with one attached hydrogen (secondary N) is 2. The number of alkyl halides is 3. The number of rotatable bonds is 2. The Morgan fingerprint density at radius 2 is 2.05 bits per heavy atom. The third-order valence-corrected chi connectivity index (χ3v) is 3.76. The van der Waals surface area contributed by atoms with Crippen molar-refractivity contribution in [1.29, 1.82) is 0 Å². The van der Waals surface area contributed by atoms with E-state index >= 15 is 0 Å². The fourth-order valence-electron chi connectivity index (χ4n) is 2.52. The third kappa shape index (κ3) is 3.97. The molecule has 2 N–H and O–H groups in total. The largest absolute Gasteiger partial charge is 0.416 e. The van der Waals surface area contributed by atoms with E-state index in [1.54, 1.807) is 6.92 Å². The summed E-state index contributed by atoms with van der Waals surface area (Å²) in [7, 11) is 0. The number of carbonyl (C=O) groups is 1. The molecule has 1 fully saturated rings. The predicted octanol–water partition coefficient (Wildman–Crippen LogP) is 3.20. The van der Waals surface area contributed by atoms with Gasteiger partial charge in [-0.2, -0.15) is 13.2 Å². The second-order valence-corrected chi connectivity index (χ2v) is 5.71. The van der Waals surface area contributed by atoms with Gasteiger partial charge in [0.1, 0.15) is 0 Å². The van der Waals surface area contributed by atoms with Crippen LogP contribution in [0.4, 0.5) is 18.9 Å². The minimum Gasteiger partial charge on any atom is -0.326 e. The van der Waals surface area contributed by atoms with E-state index in [1.807, 2.05) is 6.92 Å². The minimum absolute atomic E-state index is 0.206. The molecule has 0 aromatic heterocycles. The molecule has 21 heavy (non-hydrogen) atoms. The summed E-state index contributed by atoms with van der Waals surface area (Å²) in [6, 6.07) is 3.39. The monoisotopic (exact) mass is 300 g/mol. The number of benzene rings is 1. The Kier molecular flexibility index (Phi) is 4.56. The quantitative estimate of drug-likeness (QED) is 0.880. The van der Waals surface area contributed by atoms with Crippen LogP contribution in [0.2, 0.25) is 0 Å². The number of aryl methyl sites for hydroxylation is 1. The van der Waals surface area contributed by atoms with E-state index in [9.17, 15) is 18.0 Å². The standard InChI is InChI=1S/C15H19F3N2O/c1-9-5-11(8-19-7-9)14(21)20-13-6-12(15(16,17)18)4-3-10(13)2/h3-4,6,9,11,19H,5,7-8H2,1-2H3,(H,20,21). The average molecular weight is 300 g/mol. The van der Waals surface area contributed by atoms with E-state index in [2.05, 4.69) is 10.6 Å². The summed E-state index contributed by atoms with van der Waals surface area (Å²) in [4.78, 5) is 12.2. The zero-order valence-electron chi connectivity index (χ0n) is 12.1. The van der Waals surface area contributed by atoms with Gasteiger partial charge in [0.15, 0.2) is 0 Å². The van der Waals surface area contributed by atoms with Gasteiger partial charge in [-0.1, -0.05) is 13.0 Å². The van der Waals surface area contributed by atoms with Gasteiger partial charge in [-0.3, -0.25) is 4.79 Å². The van der Waals surface area contributed by atoms with Crippen LogP contribution in [-0.4, -0.2) is 19.0 Å². The first-order chi connectivity index (χ1) is 9.77. The second kappa shape index (κ2) is 6.05. The van der Waals surface area contributed by atoms with Crippen LogP contribution in [0.15, 0.2) is 18.2 Å². The van der Waals surface area contributed by atoms with Gasteiger partial charge in [-0.05, 0) is 43.5 Å². The van der Waals surface area contributed by atoms with Crippen molar-refractivity contribution in [2.45, 2.75) is 26.4 Å². The van der Waals surface area contributed by atoms with Crippen molar-refractivity contribution >= 4 is 11.6 Å². The summed E-state index contributed by atoms with van der Waals surface area (Å²) in [5.41, 5.74) is 0.0970. The van der Waals surface area contributed by atoms with Crippen LogP contribution in [0, 0.1) is 18.8 Å². The average Bonchev–Trinajstić information content (AvgIpc) is 2.40. The van der Waals surface area contributed by atoms with Gasteiger partial charge < -0.3 is 10.6 Å². The molecule has 2 rings (SSSR count). The van der Waals surface area contributed by atoms with Crippen molar-refractivity contribution in [3.05, 3.63) is 29.3 Å². The molecule has 0 radical (unpaired) electrons. The maximum atomic E-state index is 12.7. The molecular weight excluding hydrogens is 281 g/mol. The van der Waals surface area contributed by atoms with Crippen LogP contribution in [0.3, 0.4) is 0 Å². The van der Waals surface area contributed by atoms with E-state index in [4.69, 9.17) is 0 Å². The molecule has 1 amide bonds. The molecule has 0 spiro atoms. The molecule has 1 aliphatic rings. The van der Waals surface area contributed by atoms with Gasteiger partial charge in [-0.15, -0.1) is 0 Å². The maximum absolute atomic E-state index is 12.7. The molecule has 0 bridgehead atoms. The molecule has 116 valence electrons. The van der Waals surface area contributed by atoms with Gasteiger partial charge in [-0.25, -0.2) is 0 Å². The van der Waals surface area contributed by atoms with Gasteiger partial charge in [0.05, 0.1) is 11.5 Å². The van der Waals surface area contributed by atoms with Crippen LogP contribution in [-0.2, 0) is 11.0 Å². The van der Waals surface area contributed by atoms with Crippen molar-refractivity contribution in [2.24, 2.45) is 11.8 Å². The van der Waals surface area contributed by atoms with Gasteiger partial charge in [0.2, 0.25) is 5.91 Å². The number of carbonyl (C=O) groups excluding carboxylic acids is 1. The van der Waals surface area contributed by atoms with Crippen molar-refractivity contribution in [2.75, 3.05) is 18.4 Å². The minimum atomic E-state index is -4.41. The SMILES string of the molecule is Cc1ccc(C(F)(F)F)cc1NC(=O)C1CNCC(C)C1. The summed E-state index contributed by atoms with van der Waals surface area (Å²) in [5.74, 6) is -0.0451. The molecule has 1 saturated heterocycles. The fraction of sp³-hybridized carbons (Fsp3) is 0.533. The number of hydrogen-bond acceptors (Lipinski definition) is 2. The third-order valence-electron chi connectivity index (χ3n) is 3.76. The zero-order valence-corrected chi connectivity index (χ0v) is 12.1. The summed E-state index contributed by atoms with van der Waals surface area (Å²) in [5, 5.41) is 5.79. The highest BCUT2D eigenvalue weighted by Crippen LogP contribution is 2.32. The Hall–Kier alpha value is -1.56. The molecule has 1 aromatic rings. The highest BCUT2D eigenvalue weighted by Gasteiger charge is 2.31. The van der Waals surface area contributed by atoms with Crippen molar-refractivity contribution < 1.29 is 18.0 Å². The highest BCUT2D eigenvalue weighted by molar-refractivity contribution is 5.93. The Morgan fingerprint density at radius 3 is 2.67 bits per heavy atom. The Balaban J connectivity index is 2.13. The maximum Gasteiger partial charge on any atom is 0.416 e. The molecule has 2 atom stereocenters. The van der Waals surface area contributed by atoms with Crippen LogP contribution >= 0.6 is 0 Å². The first-order valence-corrected chi connectivity index (χ1v) is 6.97. The fourth-order valence-corrected chi connectivity index (χ4v) is 2.52. The highest BCUT2D eigenvalue weighted by atomic mass is 19.4. The number of amides is 1. The van der Waals surface area contributed by atoms with Crippen LogP contribution in [0.1, 0.15) is 24.5 Å². The van der Waals surface area contributed by atoms with Crippen molar-refractivity contribution in [1.82, 2.24) is 5.32 Å². The Morgan fingerprint density at radius 1 is 1.33 bits per heavy atom. The van der Waals surface area contributed by atoms with E-state index in [1.165, 1.54) is 6.07 Å². The number of piperidine rings is 1. The van der Waals surface area contributed by atoms with Crippen LogP contribution in [0.5, 0.6) is 0 Å². The number of halogens is 3. The normalized spacial score (nSPS) is 22.9. The number of anilines is 1. The summed E-state index contributed by atoms with van der Waals surface area (Å²) >= 11 is 0. The summed E-state index contributed by atoms with van der Waals surface area (Å²) in [6.45, 7) is 5.15. The van der Waals surface area contributed by atoms with E-state index in [0.29, 0.717) is 18.0 Å². The first kappa shape index (κ1) is 15.8. The molecule has 1 heterocycles. The van der Waals surface area contributed by atoms with E-state index < -0.39 is 11.7 Å². The lowest BCUT2D eigenvalue weighted by molar-refractivity contribution is -0.137. The second-order valence-electron chi connectivity index (χ2n) is 5.71. The molecule has 3 nitrogen and oxygen atoms in total. The van der Waals surface area contributed by atoms with E-state index in [0.717, 1.165) is 25.1 Å². The number of hydrogen-bond donors (Lipinski definition) is 2. The molecule has 2 unspecified atom stereocenters. The Labute approximate surface area is 121 Å². The molecule has 0 saturated carbocycles. The lowest BCUT2D eigenvalue weighted by Crippen LogP contribution is -2.41. The Bertz CT molecular complexity index is 528. The zero-order chi connectivity index (χ0) is 15.6. The molecule has 1 aromatic carbocycles. The van der Waals surface area contributed by atoms with Crippen LogP contribution in [0.25, 0.3) is 0 Å². The topological polar surface area (TPSA) is 41.1 Å². The van der Waals surface area contributed by atoms with Gasteiger partial charge >= 0.3 is 6.18 Å². The molecule has 6 heteroatoms.